The van der Waals surface area contributed by atoms with Gasteiger partial charge < -0.3 is 19.1 Å². The molecule has 5 rings (SSSR count). The normalized spacial score (nSPS) is 31.7. The van der Waals surface area contributed by atoms with Crippen LogP contribution in [0.3, 0.4) is 0 Å². The molecule has 1 spiro atoms. The molecule has 1 aliphatic carbocycles. The molecule has 6 nitrogen and oxygen atoms in total. The van der Waals surface area contributed by atoms with Gasteiger partial charge in [0.1, 0.15) is 23.8 Å². The summed E-state index contributed by atoms with van der Waals surface area (Å²) in [5.74, 6) is 1.42. The first-order chi connectivity index (χ1) is 13.2. The summed E-state index contributed by atoms with van der Waals surface area (Å²) in [5.41, 5.74) is 0.471. The van der Waals surface area contributed by atoms with Crippen LogP contribution in [0.15, 0.2) is 48.8 Å². The minimum absolute atomic E-state index is 0.0435. The van der Waals surface area contributed by atoms with Crippen LogP contribution in [0.5, 0.6) is 11.5 Å². The molecule has 6 heteroatoms. The van der Waals surface area contributed by atoms with Crippen LogP contribution in [0, 0.1) is 0 Å². The third-order valence-corrected chi connectivity index (χ3v) is 5.84. The zero-order valence-corrected chi connectivity index (χ0v) is 15.2. The zero-order valence-electron chi connectivity index (χ0n) is 15.2. The van der Waals surface area contributed by atoms with Crippen LogP contribution in [-0.4, -0.2) is 40.8 Å². The highest BCUT2D eigenvalue weighted by molar-refractivity contribution is 5.89. The van der Waals surface area contributed by atoms with Gasteiger partial charge in [-0.15, -0.1) is 0 Å². The fourth-order valence-electron chi connectivity index (χ4n) is 4.51. The molecule has 2 saturated heterocycles. The number of hydrogen-bond acceptors (Lipinski definition) is 5. The maximum atomic E-state index is 13.2. The molecule has 1 aromatic heterocycles. The monoisotopic (exact) mass is 366 g/mol. The second-order valence-electron chi connectivity index (χ2n) is 7.49. The smallest absolute Gasteiger partial charge is 0.257 e. The van der Waals surface area contributed by atoms with E-state index in [0.29, 0.717) is 24.3 Å². The number of carbonyl (C=O) groups excluding carboxylic acids is 1. The molecule has 0 radical (unpaired) electrons. The van der Waals surface area contributed by atoms with E-state index in [1.165, 1.54) is 5.56 Å². The molecule has 1 amide bonds. The molecule has 1 aromatic carbocycles. The largest absolute Gasteiger partial charge is 0.495 e. The molecule has 0 N–H and O–H groups in total. The van der Waals surface area contributed by atoms with Crippen LogP contribution < -0.4 is 9.47 Å². The van der Waals surface area contributed by atoms with Crippen LogP contribution >= 0.6 is 0 Å². The summed E-state index contributed by atoms with van der Waals surface area (Å²) in [4.78, 5) is 19.2. The van der Waals surface area contributed by atoms with E-state index in [4.69, 9.17) is 14.2 Å². The van der Waals surface area contributed by atoms with Gasteiger partial charge in [0.15, 0.2) is 5.60 Å². The van der Waals surface area contributed by atoms with Gasteiger partial charge in [0, 0.05) is 18.9 Å². The second-order valence-corrected chi connectivity index (χ2v) is 7.49. The van der Waals surface area contributed by atoms with Crippen molar-refractivity contribution >= 4 is 5.91 Å². The van der Waals surface area contributed by atoms with E-state index in [1.807, 2.05) is 23.1 Å². The first-order valence-electron chi connectivity index (χ1n) is 9.40. The van der Waals surface area contributed by atoms with Crippen LogP contribution in [0.1, 0.15) is 37.3 Å². The maximum absolute atomic E-state index is 13.2. The van der Waals surface area contributed by atoms with E-state index in [1.54, 1.807) is 25.6 Å². The Labute approximate surface area is 158 Å². The highest BCUT2D eigenvalue weighted by Gasteiger charge is 2.63. The first kappa shape index (κ1) is 16.6. The van der Waals surface area contributed by atoms with Crippen molar-refractivity contribution < 1.29 is 19.0 Å². The molecule has 2 atom stereocenters. The predicted molar refractivity (Wildman–Crippen MR) is 97.3 cm³/mol. The maximum Gasteiger partial charge on any atom is 0.257 e. The van der Waals surface area contributed by atoms with Crippen LogP contribution in [-0.2, 0) is 9.53 Å². The standard InChI is InChI=1S/C21H22N2O4/c1-25-15-9-16(13-22-12-15)26-17-10-21(11-17)20(24)23-18(7-8-19(23)27-21)14-5-3-2-4-6-14/h2-6,9,12-13,17-19H,7-8,10-11H2,1H3/t17?,18-,19+,21?/m0/s1. The molecule has 2 aliphatic heterocycles. The lowest BCUT2D eigenvalue weighted by atomic mass is 9.76. The molecule has 3 heterocycles. The van der Waals surface area contributed by atoms with Crippen molar-refractivity contribution in [2.24, 2.45) is 0 Å². The molecular formula is C21H22N2O4. The number of aromatic nitrogens is 1. The summed E-state index contributed by atoms with van der Waals surface area (Å²) in [6, 6.07) is 12.2. The summed E-state index contributed by atoms with van der Waals surface area (Å²) in [7, 11) is 1.60. The molecule has 0 unspecified atom stereocenters. The molecule has 3 fully saturated rings. The Morgan fingerprint density at radius 2 is 1.93 bits per heavy atom. The molecule has 140 valence electrons. The van der Waals surface area contributed by atoms with Crippen molar-refractivity contribution in [3.8, 4) is 11.5 Å². The van der Waals surface area contributed by atoms with E-state index in [0.717, 1.165) is 12.8 Å². The summed E-state index contributed by atoms with van der Waals surface area (Å²) in [5, 5.41) is 0. The molecule has 27 heavy (non-hydrogen) atoms. The number of rotatable bonds is 4. The van der Waals surface area contributed by atoms with Gasteiger partial charge in [-0.1, -0.05) is 30.3 Å². The number of methoxy groups -OCH3 is 1. The Morgan fingerprint density at radius 3 is 2.70 bits per heavy atom. The Hall–Kier alpha value is -2.60. The third-order valence-electron chi connectivity index (χ3n) is 5.84. The Balaban J connectivity index is 1.27. The van der Waals surface area contributed by atoms with Crippen molar-refractivity contribution in [1.29, 1.82) is 0 Å². The number of fused-ring (bicyclic) bond motifs is 1. The Bertz CT molecular complexity index is 850. The average Bonchev–Trinajstić information content (AvgIpc) is 3.21. The Kier molecular flexibility index (Phi) is 3.82. The second kappa shape index (κ2) is 6.23. The summed E-state index contributed by atoms with van der Waals surface area (Å²) < 4.78 is 17.4. The number of benzene rings is 1. The Morgan fingerprint density at radius 1 is 1.15 bits per heavy atom. The van der Waals surface area contributed by atoms with Gasteiger partial charge in [0.05, 0.1) is 25.5 Å². The predicted octanol–water partition coefficient (Wildman–Crippen LogP) is 3.09. The number of ether oxygens (including phenoxy) is 3. The van der Waals surface area contributed by atoms with E-state index < -0.39 is 5.60 Å². The number of amides is 1. The fourth-order valence-corrected chi connectivity index (χ4v) is 4.51. The summed E-state index contributed by atoms with van der Waals surface area (Å²) >= 11 is 0. The fraction of sp³-hybridized carbons (Fsp3) is 0.429. The third kappa shape index (κ3) is 2.67. The van der Waals surface area contributed by atoms with Gasteiger partial charge in [-0.25, -0.2) is 0 Å². The van der Waals surface area contributed by atoms with E-state index in [9.17, 15) is 4.79 Å². The SMILES string of the molecule is COc1cncc(OC2CC3(C2)O[C@@H]2CC[C@@H](c4ccccc4)N2C3=O)c1. The van der Waals surface area contributed by atoms with E-state index in [2.05, 4.69) is 17.1 Å². The molecular weight excluding hydrogens is 344 g/mol. The number of pyridine rings is 1. The number of hydrogen-bond donors (Lipinski definition) is 0. The minimum atomic E-state index is -0.713. The summed E-state index contributed by atoms with van der Waals surface area (Å²) in [6.07, 6.45) is 6.14. The van der Waals surface area contributed by atoms with Crippen LogP contribution in [0.2, 0.25) is 0 Å². The molecule has 2 aromatic rings. The minimum Gasteiger partial charge on any atom is -0.495 e. The lowest BCUT2D eigenvalue weighted by Gasteiger charge is -2.42. The molecule has 3 aliphatic rings. The number of nitrogens with zero attached hydrogens (tertiary/aromatic N) is 2. The summed E-state index contributed by atoms with van der Waals surface area (Å²) in [6.45, 7) is 0. The lowest BCUT2D eigenvalue weighted by Crippen LogP contribution is -2.55. The van der Waals surface area contributed by atoms with Gasteiger partial charge in [-0.3, -0.25) is 9.78 Å². The average molecular weight is 366 g/mol. The van der Waals surface area contributed by atoms with Crippen molar-refractivity contribution in [2.75, 3.05) is 7.11 Å². The van der Waals surface area contributed by atoms with Gasteiger partial charge >= 0.3 is 0 Å². The lowest BCUT2D eigenvalue weighted by molar-refractivity contribution is -0.162. The topological polar surface area (TPSA) is 60.9 Å². The molecule has 1 saturated carbocycles. The van der Waals surface area contributed by atoms with Crippen molar-refractivity contribution in [3.05, 3.63) is 54.4 Å². The zero-order chi connectivity index (χ0) is 18.4. The quantitative estimate of drug-likeness (QED) is 0.832. The van der Waals surface area contributed by atoms with E-state index in [-0.39, 0.29) is 24.3 Å². The van der Waals surface area contributed by atoms with Gasteiger partial charge in [0.25, 0.3) is 5.91 Å². The van der Waals surface area contributed by atoms with E-state index >= 15 is 0 Å². The van der Waals surface area contributed by atoms with Gasteiger partial charge in [-0.2, -0.15) is 0 Å². The van der Waals surface area contributed by atoms with Crippen molar-refractivity contribution in [1.82, 2.24) is 9.88 Å². The number of carbonyl (C=O) groups is 1. The van der Waals surface area contributed by atoms with Crippen LogP contribution in [0.4, 0.5) is 0 Å². The highest BCUT2D eigenvalue weighted by Crippen LogP contribution is 2.51. The first-order valence-corrected chi connectivity index (χ1v) is 9.40. The van der Waals surface area contributed by atoms with Gasteiger partial charge in [0.2, 0.25) is 0 Å². The van der Waals surface area contributed by atoms with Crippen molar-refractivity contribution in [2.45, 2.75) is 49.7 Å². The highest BCUT2D eigenvalue weighted by atomic mass is 16.6. The molecule has 0 bridgehead atoms. The van der Waals surface area contributed by atoms with Crippen LogP contribution in [0.25, 0.3) is 0 Å². The van der Waals surface area contributed by atoms with Crippen molar-refractivity contribution in [3.63, 3.8) is 0 Å². The van der Waals surface area contributed by atoms with Gasteiger partial charge in [-0.05, 0) is 18.4 Å².